The number of alkyl halides is 3. The highest BCUT2D eigenvalue weighted by atomic mass is 32.2. The first kappa shape index (κ1) is 17.1. The molecule has 1 amide bonds. The van der Waals surface area contributed by atoms with E-state index < -0.39 is 21.4 Å². The highest BCUT2D eigenvalue weighted by molar-refractivity contribution is 7.88. The predicted molar refractivity (Wildman–Crippen MR) is 80.0 cm³/mol. The van der Waals surface area contributed by atoms with Gasteiger partial charge in [0.05, 0.1) is 0 Å². The van der Waals surface area contributed by atoms with Gasteiger partial charge in [0.1, 0.15) is 5.75 Å². The topological polar surface area (TPSA) is 63.7 Å². The normalized spacial score (nSPS) is 20.8. The third-order valence-corrected chi connectivity index (χ3v) is 5.60. The van der Waals surface area contributed by atoms with Gasteiger partial charge in [-0.1, -0.05) is 0 Å². The molecule has 2 fully saturated rings. The van der Waals surface area contributed by atoms with Crippen molar-refractivity contribution in [1.29, 1.82) is 0 Å². The SMILES string of the molecule is O=C1CCCC2(CCC2)N1c1ccc(OS(=O)(=O)C(F)(F)F)cc1. The number of halogens is 3. The minimum Gasteiger partial charge on any atom is -0.376 e. The van der Waals surface area contributed by atoms with Crippen molar-refractivity contribution in [2.24, 2.45) is 0 Å². The summed E-state index contributed by atoms with van der Waals surface area (Å²) in [4.78, 5) is 14.0. The van der Waals surface area contributed by atoms with E-state index in [4.69, 9.17) is 0 Å². The Morgan fingerprint density at radius 1 is 1.04 bits per heavy atom. The first-order chi connectivity index (χ1) is 11.1. The summed E-state index contributed by atoms with van der Waals surface area (Å²) in [6, 6.07) is 5.11. The van der Waals surface area contributed by atoms with Crippen LogP contribution >= 0.6 is 0 Å². The first-order valence-corrected chi connectivity index (χ1v) is 8.99. The Hall–Kier alpha value is -1.77. The highest BCUT2D eigenvalue weighted by Gasteiger charge is 2.49. The van der Waals surface area contributed by atoms with Crippen molar-refractivity contribution in [1.82, 2.24) is 0 Å². The molecule has 1 saturated heterocycles. The average molecular weight is 363 g/mol. The molecule has 1 aromatic carbocycles. The van der Waals surface area contributed by atoms with Gasteiger partial charge in [-0.25, -0.2) is 0 Å². The lowest BCUT2D eigenvalue weighted by Crippen LogP contribution is -2.59. The number of hydrogen-bond donors (Lipinski definition) is 0. The second-order valence-corrected chi connectivity index (χ2v) is 7.68. The van der Waals surface area contributed by atoms with Crippen LogP contribution in [0.3, 0.4) is 0 Å². The third kappa shape index (κ3) is 2.85. The zero-order valence-electron chi connectivity index (χ0n) is 12.7. The van der Waals surface area contributed by atoms with Crippen molar-refractivity contribution in [2.75, 3.05) is 4.90 Å². The van der Waals surface area contributed by atoms with E-state index in [1.54, 1.807) is 4.90 Å². The van der Waals surface area contributed by atoms with E-state index in [0.29, 0.717) is 12.1 Å². The molecule has 5 nitrogen and oxygen atoms in total. The summed E-state index contributed by atoms with van der Waals surface area (Å²) in [7, 11) is -5.70. The Morgan fingerprint density at radius 2 is 1.62 bits per heavy atom. The van der Waals surface area contributed by atoms with E-state index in [1.165, 1.54) is 12.1 Å². The Kier molecular flexibility index (Phi) is 4.01. The maximum absolute atomic E-state index is 12.3. The number of carbonyl (C=O) groups is 1. The summed E-state index contributed by atoms with van der Waals surface area (Å²) in [6.07, 6.45) is 5.01. The fourth-order valence-electron chi connectivity index (χ4n) is 3.36. The molecule has 0 radical (unpaired) electrons. The van der Waals surface area contributed by atoms with E-state index in [1.807, 2.05) is 0 Å². The molecule has 1 spiro atoms. The Bertz CT molecular complexity index is 739. The first-order valence-electron chi connectivity index (χ1n) is 7.59. The molecule has 0 aromatic heterocycles. The third-order valence-electron chi connectivity index (χ3n) is 4.63. The van der Waals surface area contributed by atoms with Gasteiger partial charge in [0.2, 0.25) is 5.91 Å². The zero-order chi connectivity index (χ0) is 17.6. The Morgan fingerprint density at radius 3 is 2.12 bits per heavy atom. The smallest absolute Gasteiger partial charge is 0.376 e. The molecule has 1 saturated carbocycles. The number of amides is 1. The minimum absolute atomic E-state index is 0.0162. The van der Waals surface area contributed by atoms with Gasteiger partial charge < -0.3 is 9.08 Å². The van der Waals surface area contributed by atoms with Gasteiger partial charge in [0.25, 0.3) is 0 Å². The quantitative estimate of drug-likeness (QED) is 0.610. The molecule has 1 aliphatic heterocycles. The van der Waals surface area contributed by atoms with Crippen LogP contribution in [-0.4, -0.2) is 25.4 Å². The van der Waals surface area contributed by atoms with E-state index >= 15 is 0 Å². The van der Waals surface area contributed by atoms with Crippen LogP contribution in [0.15, 0.2) is 24.3 Å². The van der Waals surface area contributed by atoms with Crippen LogP contribution < -0.4 is 9.08 Å². The summed E-state index contributed by atoms with van der Waals surface area (Å²) < 4.78 is 63.1. The van der Waals surface area contributed by atoms with Gasteiger partial charge in [-0.3, -0.25) is 4.79 Å². The Balaban J connectivity index is 1.83. The van der Waals surface area contributed by atoms with Crippen LogP contribution in [0.1, 0.15) is 38.5 Å². The lowest BCUT2D eigenvalue weighted by atomic mass is 9.69. The summed E-state index contributed by atoms with van der Waals surface area (Å²) in [5, 5.41) is 0. The molecule has 1 aliphatic carbocycles. The summed E-state index contributed by atoms with van der Waals surface area (Å²) in [5.74, 6) is -0.458. The molecular weight excluding hydrogens is 347 g/mol. The number of benzene rings is 1. The molecule has 9 heteroatoms. The second kappa shape index (κ2) is 5.65. The van der Waals surface area contributed by atoms with Crippen molar-refractivity contribution in [3.8, 4) is 5.75 Å². The van der Waals surface area contributed by atoms with Gasteiger partial charge >= 0.3 is 15.6 Å². The van der Waals surface area contributed by atoms with Gasteiger partial charge in [-0.05, 0) is 56.4 Å². The van der Waals surface area contributed by atoms with Crippen LogP contribution in [0, 0.1) is 0 Å². The maximum atomic E-state index is 12.3. The molecule has 2 aliphatic rings. The lowest BCUT2D eigenvalue weighted by Gasteiger charge is -2.53. The van der Waals surface area contributed by atoms with Crippen LogP contribution in [0.5, 0.6) is 5.75 Å². The van der Waals surface area contributed by atoms with Crippen molar-refractivity contribution >= 4 is 21.7 Å². The average Bonchev–Trinajstić information content (AvgIpc) is 2.45. The molecule has 0 bridgehead atoms. The standard InChI is InChI=1S/C15H16F3NO4S/c16-15(17,18)24(21,22)23-12-6-4-11(5-7-12)19-13(20)3-1-8-14(19)9-2-10-14/h4-7H,1-3,8-10H2. The molecule has 0 atom stereocenters. The maximum Gasteiger partial charge on any atom is 0.534 e. The zero-order valence-corrected chi connectivity index (χ0v) is 13.5. The van der Waals surface area contributed by atoms with Crippen LogP contribution in [0.25, 0.3) is 0 Å². The minimum atomic E-state index is -5.70. The predicted octanol–water partition coefficient (Wildman–Crippen LogP) is 3.35. The van der Waals surface area contributed by atoms with E-state index in [9.17, 15) is 26.4 Å². The molecule has 0 N–H and O–H groups in total. The molecule has 0 unspecified atom stereocenters. The number of anilines is 1. The number of carbonyl (C=O) groups excluding carboxylic acids is 1. The van der Waals surface area contributed by atoms with E-state index in [-0.39, 0.29) is 11.4 Å². The molecule has 1 aromatic rings. The van der Waals surface area contributed by atoms with Crippen LogP contribution in [0.2, 0.25) is 0 Å². The monoisotopic (exact) mass is 363 g/mol. The lowest BCUT2D eigenvalue weighted by molar-refractivity contribution is -0.122. The number of rotatable bonds is 3. The number of hydrogen-bond acceptors (Lipinski definition) is 4. The molecule has 24 heavy (non-hydrogen) atoms. The fraction of sp³-hybridized carbons (Fsp3) is 0.533. The van der Waals surface area contributed by atoms with E-state index in [2.05, 4.69) is 4.18 Å². The van der Waals surface area contributed by atoms with Crippen LogP contribution in [0.4, 0.5) is 18.9 Å². The molecular formula is C15H16F3NO4S. The van der Waals surface area contributed by atoms with Crippen molar-refractivity contribution in [3.05, 3.63) is 24.3 Å². The molecule has 132 valence electrons. The van der Waals surface area contributed by atoms with Crippen LogP contribution in [-0.2, 0) is 14.9 Å². The van der Waals surface area contributed by atoms with Gasteiger partial charge in [0.15, 0.2) is 0 Å². The Labute approximate surface area is 137 Å². The second-order valence-electron chi connectivity index (χ2n) is 6.14. The highest BCUT2D eigenvalue weighted by Crippen LogP contribution is 2.47. The number of nitrogens with zero attached hydrogens (tertiary/aromatic N) is 1. The van der Waals surface area contributed by atoms with Gasteiger partial charge in [0, 0.05) is 17.6 Å². The summed E-state index contributed by atoms with van der Waals surface area (Å²) in [6.45, 7) is 0. The molecule has 3 rings (SSSR count). The van der Waals surface area contributed by atoms with Gasteiger partial charge in [-0.2, -0.15) is 21.6 Å². The largest absolute Gasteiger partial charge is 0.534 e. The van der Waals surface area contributed by atoms with Crippen molar-refractivity contribution in [2.45, 2.75) is 49.6 Å². The van der Waals surface area contributed by atoms with Crippen molar-refractivity contribution < 1.29 is 30.6 Å². The summed E-state index contributed by atoms with van der Waals surface area (Å²) >= 11 is 0. The molecule has 1 heterocycles. The summed E-state index contributed by atoms with van der Waals surface area (Å²) in [5.41, 5.74) is -5.13. The van der Waals surface area contributed by atoms with Gasteiger partial charge in [-0.15, -0.1) is 0 Å². The van der Waals surface area contributed by atoms with E-state index in [0.717, 1.165) is 44.2 Å². The van der Waals surface area contributed by atoms with Crippen molar-refractivity contribution in [3.63, 3.8) is 0 Å². The number of piperidine rings is 1. The fourth-order valence-corrected chi connectivity index (χ4v) is 3.82.